The number of hydrogen-bond acceptors (Lipinski definition) is 1. The van der Waals surface area contributed by atoms with Crippen molar-refractivity contribution in [1.82, 2.24) is 0 Å². The van der Waals surface area contributed by atoms with Crippen molar-refractivity contribution < 1.29 is 4.79 Å². The van der Waals surface area contributed by atoms with E-state index in [1.165, 1.54) is 27.8 Å². The van der Waals surface area contributed by atoms with Crippen molar-refractivity contribution in [3.8, 4) is 11.1 Å². The monoisotopic (exact) mass is 332 g/mol. The van der Waals surface area contributed by atoms with Crippen molar-refractivity contribution >= 4 is 23.0 Å². The predicted octanol–water partition coefficient (Wildman–Crippen LogP) is 5.78. The van der Waals surface area contributed by atoms with E-state index in [4.69, 9.17) is 0 Å². The molecule has 0 aliphatic heterocycles. The Hall–Kier alpha value is -3.45. The molecule has 1 heteroatoms. The van der Waals surface area contributed by atoms with E-state index in [1.807, 2.05) is 36.4 Å². The summed E-state index contributed by atoms with van der Waals surface area (Å²) in [5, 5.41) is 0. The van der Waals surface area contributed by atoms with Crippen LogP contribution in [0.4, 0.5) is 0 Å². The fourth-order valence-electron chi connectivity index (χ4n) is 3.84. The Morgan fingerprint density at radius 3 is 1.65 bits per heavy atom. The minimum Gasteiger partial charge on any atom is -0.289 e. The quantitative estimate of drug-likeness (QED) is 0.404. The topological polar surface area (TPSA) is 17.1 Å². The minimum absolute atomic E-state index is 0.0557. The molecule has 3 aromatic rings. The fraction of sp³-hybridized carbons (Fsp3) is 0. The molecule has 3 aromatic carbocycles. The van der Waals surface area contributed by atoms with Crippen LogP contribution in [0.25, 0.3) is 28.3 Å². The van der Waals surface area contributed by atoms with E-state index in [0.717, 1.165) is 16.7 Å². The summed E-state index contributed by atoms with van der Waals surface area (Å²) in [4.78, 5) is 12.5. The number of ketones is 1. The third-order valence-corrected chi connectivity index (χ3v) is 5.07. The number of carbonyl (C=O) groups is 1. The lowest BCUT2D eigenvalue weighted by atomic mass is 9.90. The average Bonchev–Trinajstić information content (AvgIpc) is 3.01. The number of hydrogen-bond donors (Lipinski definition) is 0. The number of fused-ring (bicyclic) bond motifs is 4. The molecule has 0 saturated heterocycles. The maximum Gasteiger partial charge on any atom is 0.186 e. The van der Waals surface area contributed by atoms with Gasteiger partial charge in [0.1, 0.15) is 0 Å². The normalized spacial score (nSPS) is 15.6. The van der Waals surface area contributed by atoms with Crippen LogP contribution < -0.4 is 0 Å². The first-order chi connectivity index (χ1) is 12.8. The first kappa shape index (κ1) is 14.9. The summed E-state index contributed by atoms with van der Waals surface area (Å²) in [6, 6.07) is 24.9. The summed E-state index contributed by atoms with van der Waals surface area (Å²) < 4.78 is 0. The lowest BCUT2D eigenvalue weighted by Gasteiger charge is -2.12. The van der Waals surface area contributed by atoms with Gasteiger partial charge in [-0.2, -0.15) is 0 Å². The molecular weight excluding hydrogens is 316 g/mol. The molecule has 0 aromatic heterocycles. The third kappa shape index (κ3) is 2.21. The minimum atomic E-state index is 0.0557. The number of allylic oxidation sites excluding steroid dienone is 4. The second-order valence-corrected chi connectivity index (χ2v) is 6.54. The number of carbonyl (C=O) groups excluding carboxylic acids is 1. The van der Waals surface area contributed by atoms with Gasteiger partial charge in [-0.25, -0.2) is 0 Å². The van der Waals surface area contributed by atoms with Crippen LogP contribution in [-0.2, 0) is 4.79 Å². The molecule has 2 aliphatic rings. The molecule has 5 rings (SSSR count). The van der Waals surface area contributed by atoms with Crippen molar-refractivity contribution in [3.63, 3.8) is 0 Å². The molecule has 0 amide bonds. The lowest BCUT2D eigenvalue weighted by Crippen LogP contribution is -2.04. The van der Waals surface area contributed by atoms with E-state index in [-0.39, 0.29) is 5.78 Å². The van der Waals surface area contributed by atoms with Crippen LogP contribution in [0.15, 0.2) is 91.0 Å². The Morgan fingerprint density at radius 1 is 0.500 bits per heavy atom. The van der Waals surface area contributed by atoms with Crippen LogP contribution in [0, 0.1) is 0 Å². The van der Waals surface area contributed by atoms with Crippen molar-refractivity contribution in [1.29, 1.82) is 0 Å². The SMILES string of the molecule is O=C1C=Cc2ccccc2/C1=C\C=C1c2ccccc2-c2ccccc21. The molecule has 122 valence electrons. The molecule has 0 N–H and O–H groups in total. The Kier molecular flexibility index (Phi) is 3.32. The van der Waals surface area contributed by atoms with Gasteiger partial charge in [-0.3, -0.25) is 4.79 Å². The van der Waals surface area contributed by atoms with Gasteiger partial charge in [-0.05, 0) is 51.1 Å². The molecular formula is C25H16O. The van der Waals surface area contributed by atoms with E-state index in [2.05, 4.69) is 54.6 Å². The van der Waals surface area contributed by atoms with Crippen LogP contribution in [0.2, 0.25) is 0 Å². The third-order valence-electron chi connectivity index (χ3n) is 5.07. The van der Waals surface area contributed by atoms with Crippen LogP contribution in [0.5, 0.6) is 0 Å². The van der Waals surface area contributed by atoms with E-state index in [0.29, 0.717) is 0 Å². The van der Waals surface area contributed by atoms with Gasteiger partial charge in [0, 0.05) is 5.57 Å². The zero-order valence-electron chi connectivity index (χ0n) is 14.1. The highest BCUT2D eigenvalue weighted by Gasteiger charge is 2.22. The standard InChI is InChI=1S/C25H16O/c26-25-16-13-17-7-1-2-8-18(17)24(25)15-14-23-21-11-5-3-9-19(21)20-10-4-6-12-22(20)23/h1-16H/b24-15+. The molecule has 2 aliphatic carbocycles. The Morgan fingerprint density at radius 2 is 1.00 bits per heavy atom. The van der Waals surface area contributed by atoms with Gasteiger partial charge in [-0.15, -0.1) is 0 Å². The molecule has 0 unspecified atom stereocenters. The van der Waals surface area contributed by atoms with E-state index in [1.54, 1.807) is 6.08 Å². The molecule has 1 nitrogen and oxygen atoms in total. The Balaban J connectivity index is 1.69. The zero-order valence-corrected chi connectivity index (χ0v) is 14.1. The predicted molar refractivity (Wildman–Crippen MR) is 107 cm³/mol. The second-order valence-electron chi connectivity index (χ2n) is 6.54. The van der Waals surface area contributed by atoms with Gasteiger partial charge in [0.2, 0.25) is 0 Å². The highest BCUT2D eigenvalue weighted by atomic mass is 16.1. The summed E-state index contributed by atoms with van der Waals surface area (Å²) >= 11 is 0. The van der Waals surface area contributed by atoms with Gasteiger partial charge >= 0.3 is 0 Å². The average molecular weight is 332 g/mol. The Labute approximate surface area is 152 Å². The number of benzene rings is 3. The lowest BCUT2D eigenvalue weighted by molar-refractivity contribution is -0.109. The van der Waals surface area contributed by atoms with Crippen LogP contribution in [0.1, 0.15) is 22.3 Å². The molecule has 0 heterocycles. The van der Waals surface area contributed by atoms with Gasteiger partial charge in [0.25, 0.3) is 0 Å². The van der Waals surface area contributed by atoms with Gasteiger partial charge in [0.05, 0.1) is 0 Å². The van der Waals surface area contributed by atoms with Crippen LogP contribution >= 0.6 is 0 Å². The van der Waals surface area contributed by atoms with E-state index < -0.39 is 0 Å². The zero-order chi connectivity index (χ0) is 17.5. The fourth-order valence-corrected chi connectivity index (χ4v) is 3.84. The molecule has 0 fully saturated rings. The maximum atomic E-state index is 12.5. The molecule has 0 bridgehead atoms. The molecule has 0 atom stereocenters. The van der Waals surface area contributed by atoms with Gasteiger partial charge < -0.3 is 0 Å². The van der Waals surface area contributed by atoms with E-state index in [9.17, 15) is 4.79 Å². The smallest absolute Gasteiger partial charge is 0.186 e. The van der Waals surface area contributed by atoms with E-state index >= 15 is 0 Å². The summed E-state index contributed by atoms with van der Waals surface area (Å²) in [5.74, 6) is 0.0557. The van der Waals surface area contributed by atoms with Crippen molar-refractivity contribution in [3.05, 3.63) is 113 Å². The van der Waals surface area contributed by atoms with Crippen molar-refractivity contribution in [2.45, 2.75) is 0 Å². The summed E-state index contributed by atoms with van der Waals surface area (Å²) in [5.41, 5.74) is 8.95. The molecule has 0 spiro atoms. The first-order valence-electron chi connectivity index (χ1n) is 8.76. The molecule has 0 saturated carbocycles. The molecule has 26 heavy (non-hydrogen) atoms. The first-order valence-corrected chi connectivity index (χ1v) is 8.76. The summed E-state index contributed by atoms with van der Waals surface area (Å²) in [6.07, 6.45) is 7.61. The molecule has 0 radical (unpaired) electrons. The van der Waals surface area contributed by atoms with Gasteiger partial charge in [0.15, 0.2) is 5.78 Å². The van der Waals surface area contributed by atoms with Crippen LogP contribution in [0.3, 0.4) is 0 Å². The summed E-state index contributed by atoms with van der Waals surface area (Å²) in [6.45, 7) is 0. The van der Waals surface area contributed by atoms with Gasteiger partial charge in [-0.1, -0.05) is 84.9 Å². The van der Waals surface area contributed by atoms with Crippen molar-refractivity contribution in [2.75, 3.05) is 0 Å². The Bertz CT molecular complexity index is 1090. The highest BCUT2D eigenvalue weighted by molar-refractivity contribution is 6.30. The summed E-state index contributed by atoms with van der Waals surface area (Å²) in [7, 11) is 0. The van der Waals surface area contributed by atoms with Crippen LogP contribution in [-0.4, -0.2) is 5.78 Å². The van der Waals surface area contributed by atoms with Crippen molar-refractivity contribution in [2.24, 2.45) is 0 Å². The highest BCUT2D eigenvalue weighted by Crippen LogP contribution is 2.44. The maximum absolute atomic E-state index is 12.5. The number of rotatable bonds is 1. The largest absolute Gasteiger partial charge is 0.289 e. The second kappa shape index (κ2) is 5.82.